The molecule has 1 rings (SSSR count). The van der Waals surface area contributed by atoms with Crippen molar-refractivity contribution in [2.75, 3.05) is 6.61 Å². The second kappa shape index (κ2) is 11.5. The van der Waals surface area contributed by atoms with Crippen LogP contribution in [0.15, 0.2) is 0 Å². The maximum Gasteiger partial charge on any atom is 0.398 e. The van der Waals surface area contributed by atoms with Gasteiger partial charge in [-0.05, 0) is 18.5 Å². The Kier molecular flexibility index (Phi) is 10.9. The Bertz CT molecular complexity index is 535. The fourth-order valence-electron chi connectivity index (χ4n) is 2.45. The maximum atomic E-state index is 6.30. The molecule has 144 valence electrons. The van der Waals surface area contributed by atoms with Gasteiger partial charge in [-0.15, -0.1) is 0 Å². The van der Waals surface area contributed by atoms with Gasteiger partial charge >= 0.3 is 8.56 Å². The Balaban J connectivity index is 2.91. The molecule has 0 unspecified atom stereocenters. The summed E-state index contributed by atoms with van der Waals surface area (Å²) in [4.78, 5) is 0. The van der Waals surface area contributed by atoms with Crippen molar-refractivity contribution in [3.05, 3.63) is 25.1 Å². The van der Waals surface area contributed by atoms with E-state index in [2.05, 4.69) is 6.92 Å². The smallest absolute Gasteiger partial charge is 0.398 e. The molecule has 8 heteroatoms. The van der Waals surface area contributed by atoms with Crippen LogP contribution in [0.1, 0.15) is 52.9 Å². The van der Waals surface area contributed by atoms with E-state index >= 15 is 0 Å². The Hall–Kier alpha value is 0.647. The van der Waals surface area contributed by atoms with Crippen LogP contribution in [0.25, 0.3) is 0 Å². The van der Waals surface area contributed by atoms with Gasteiger partial charge in [0.05, 0.1) is 15.1 Å². The first-order chi connectivity index (χ1) is 11.8. The van der Waals surface area contributed by atoms with Gasteiger partial charge in [-0.25, -0.2) is 0 Å². The molecule has 0 aliphatic carbocycles. The van der Waals surface area contributed by atoms with Crippen LogP contribution in [0.5, 0.6) is 5.75 Å². The lowest BCUT2D eigenvalue weighted by Gasteiger charge is -2.30. The summed E-state index contributed by atoms with van der Waals surface area (Å²) in [6, 6.07) is 1.53. The van der Waals surface area contributed by atoms with Crippen molar-refractivity contribution in [3.8, 4) is 5.75 Å². The highest BCUT2D eigenvalue weighted by atomic mass is 35.5. The standard InChI is InChI=1S/C17H25Cl5O2Si/c1-4-7-8-9-10-11-23-25(5-2,6-3)24-17-15(21)13(19)12(18)14(20)16(17)22/h4-11H2,1-3H3. The average Bonchev–Trinajstić information content (AvgIpc) is 2.63. The molecule has 0 bridgehead atoms. The second-order valence-electron chi connectivity index (χ2n) is 5.88. The van der Waals surface area contributed by atoms with Crippen LogP contribution in [-0.4, -0.2) is 15.2 Å². The Morgan fingerprint density at radius 1 is 0.680 bits per heavy atom. The number of hydrogen-bond acceptors (Lipinski definition) is 2. The minimum absolute atomic E-state index is 0.128. The van der Waals surface area contributed by atoms with Crippen LogP contribution in [0.4, 0.5) is 0 Å². The first-order valence-electron chi connectivity index (χ1n) is 8.67. The molecular formula is C17H25Cl5O2Si. The van der Waals surface area contributed by atoms with Crippen LogP contribution in [-0.2, 0) is 4.43 Å². The normalized spacial score (nSPS) is 11.8. The van der Waals surface area contributed by atoms with Gasteiger partial charge < -0.3 is 8.85 Å². The molecule has 0 saturated carbocycles. The van der Waals surface area contributed by atoms with Crippen molar-refractivity contribution >= 4 is 66.6 Å². The summed E-state index contributed by atoms with van der Waals surface area (Å²) in [5.41, 5.74) is 0. The molecule has 0 aliphatic rings. The number of hydrogen-bond donors (Lipinski definition) is 0. The number of halogens is 5. The van der Waals surface area contributed by atoms with Crippen LogP contribution in [0, 0.1) is 0 Å². The molecule has 25 heavy (non-hydrogen) atoms. The third-order valence-electron chi connectivity index (χ3n) is 4.15. The van der Waals surface area contributed by atoms with E-state index in [1.165, 1.54) is 19.3 Å². The number of unbranched alkanes of at least 4 members (excludes halogenated alkanes) is 4. The molecule has 0 atom stereocenters. The second-order valence-corrected chi connectivity index (χ2v) is 11.5. The average molecular weight is 467 g/mol. The lowest BCUT2D eigenvalue weighted by atomic mass is 10.2. The lowest BCUT2D eigenvalue weighted by molar-refractivity contribution is 0.230. The predicted molar refractivity (Wildman–Crippen MR) is 114 cm³/mol. The zero-order valence-electron chi connectivity index (χ0n) is 14.9. The van der Waals surface area contributed by atoms with Crippen molar-refractivity contribution in [2.45, 2.75) is 65.0 Å². The summed E-state index contributed by atoms with van der Waals surface area (Å²) < 4.78 is 12.4. The quantitative estimate of drug-likeness (QED) is 0.140. The summed E-state index contributed by atoms with van der Waals surface area (Å²) in [5.74, 6) is 0.268. The zero-order valence-corrected chi connectivity index (χ0v) is 19.6. The van der Waals surface area contributed by atoms with Gasteiger partial charge in [0.2, 0.25) is 0 Å². The van der Waals surface area contributed by atoms with E-state index in [4.69, 9.17) is 66.9 Å². The summed E-state index contributed by atoms with van der Waals surface area (Å²) in [7, 11) is -2.51. The third kappa shape index (κ3) is 6.34. The van der Waals surface area contributed by atoms with Gasteiger partial charge in [0.15, 0.2) is 0 Å². The van der Waals surface area contributed by atoms with E-state index in [1.807, 2.05) is 13.8 Å². The van der Waals surface area contributed by atoms with Crippen molar-refractivity contribution in [1.82, 2.24) is 0 Å². The Morgan fingerprint density at radius 3 is 1.64 bits per heavy atom. The van der Waals surface area contributed by atoms with E-state index in [0.717, 1.165) is 24.9 Å². The summed E-state index contributed by atoms with van der Waals surface area (Å²) in [6.45, 7) is 6.97. The maximum absolute atomic E-state index is 6.30. The van der Waals surface area contributed by atoms with Crippen LogP contribution in [0.2, 0.25) is 37.2 Å². The Labute approximate surface area is 177 Å². The predicted octanol–water partition coefficient (Wildman–Crippen LogP) is 8.80. The van der Waals surface area contributed by atoms with Crippen molar-refractivity contribution < 1.29 is 8.85 Å². The molecule has 0 aliphatic heterocycles. The minimum Gasteiger partial charge on any atom is -0.518 e. The number of rotatable bonds is 11. The molecule has 0 fully saturated rings. The Morgan fingerprint density at radius 2 is 1.16 bits per heavy atom. The van der Waals surface area contributed by atoms with E-state index in [9.17, 15) is 0 Å². The molecule has 0 saturated heterocycles. The highest BCUT2D eigenvalue weighted by Gasteiger charge is 2.38. The van der Waals surface area contributed by atoms with Crippen molar-refractivity contribution in [2.24, 2.45) is 0 Å². The van der Waals surface area contributed by atoms with Gasteiger partial charge in [0.25, 0.3) is 0 Å². The lowest BCUT2D eigenvalue weighted by Crippen LogP contribution is -2.44. The minimum atomic E-state index is -2.51. The molecular weight excluding hydrogens is 442 g/mol. The van der Waals surface area contributed by atoms with E-state index in [0.29, 0.717) is 6.61 Å². The van der Waals surface area contributed by atoms with Crippen LogP contribution < -0.4 is 4.43 Å². The highest BCUT2D eigenvalue weighted by Crippen LogP contribution is 2.49. The highest BCUT2D eigenvalue weighted by molar-refractivity contribution is 6.68. The zero-order chi connectivity index (χ0) is 19.0. The molecule has 0 spiro atoms. The molecule has 0 amide bonds. The van der Waals surface area contributed by atoms with Crippen LogP contribution >= 0.6 is 58.0 Å². The first kappa shape index (κ1) is 23.7. The van der Waals surface area contributed by atoms with Gasteiger partial charge in [0, 0.05) is 6.61 Å². The van der Waals surface area contributed by atoms with Crippen molar-refractivity contribution in [1.29, 1.82) is 0 Å². The van der Waals surface area contributed by atoms with Crippen molar-refractivity contribution in [3.63, 3.8) is 0 Å². The monoisotopic (exact) mass is 464 g/mol. The fraction of sp³-hybridized carbons (Fsp3) is 0.647. The molecule has 0 heterocycles. The van der Waals surface area contributed by atoms with Gasteiger partial charge in [-0.2, -0.15) is 0 Å². The largest absolute Gasteiger partial charge is 0.518 e. The summed E-state index contributed by atoms with van der Waals surface area (Å²) in [5, 5.41) is 0.755. The molecule has 0 aromatic heterocycles. The summed E-state index contributed by atoms with van der Waals surface area (Å²) >= 11 is 30.9. The topological polar surface area (TPSA) is 18.5 Å². The third-order valence-corrected chi connectivity index (χ3v) is 9.85. The van der Waals surface area contributed by atoms with E-state index in [-0.39, 0.29) is 30.9 Å². The fourth-order valence-corrected chi connectivity index (χ4v) is 6.13. The van der Waals surface area contributed by atoms with E-state index < -0.39 is 8.56 Å². The van der Waals surface area contributed by atoms with Crippen LogP contribution in [0.3, 0.4) is 0 Å². The van der Waals surface area contributed by atoms with Gasteiger partial charge in [-0.1, -0.05) is 104 Å². The molecule has 2 nitrogen and oxygen atoms in total. The van der Waals surface area contributed by atoms with Gasteiger partial charge in [0.1, 0.15) is 15.8 Å². The molecule has 0 radical (unpaired) electrons. The summed E-state index contributed by atoms with van der Waals surface area (Å²) in [6.07, 6.45) is 5.89. The van der Waals surface area contributed by atoms with Gasteiger partial charge in [-0.3, -0.25) is 0 Å². The SMILES string of the molecule is CCCCCCCO[Si](CC)(CC)Oc1c(Cl)c(Cl)c(Cl)c(Cl)c1Cl. The number of benzene rings is 1. The molecule has 1 aromatic carbocycles. The molecule has 0 N–H and O–H groups in total. The molecule has 1 aromatic rings. The first-order valence-corrected chi connectivity index (χ1v) is 12.8. The van der Waals surface area contributed by atoms with E-state index in [1.54, 1.807) is 0 Å².